The van der Waals surface area contributed by atoms with Gasteiger partial charge in [-0.05, 0) is 40.6 Å². The molecule has 0 spiro atoms. The fraction of sp³-hybridized carbons (Fsp3) is 0.250. The number of benzene rings is 1. The second-order valence-corrected chi connectivity index (χ2v) is 4.90. The van der Waals surface area contributed by atoms with Crippen LogP contribution in [0.3, 0.4) is 0 Å². The highest BCUT2D eigenvalue weighted by molar-refractivity contribution is 14.1. The molecular weight excluding hydrogens is 313 g/mol. The van der Waals surface area contributed by atoms with Gasteiger partial charge in [-0.2, -0.15) is 0 Å². The molecular formula is C12H14IN3. The maximum absolute atomic E-state index is 6.19. The van der Waals surface area contributed by atoms with E-state index in [2.05, 4.69) is 57.7 Å². The highest BCUT2D eigenvalue weighted by Crippen LogP contribution is 2.23. The molecule has 1 aromatic carbocycles. The zero-order valence-corrected chi connectivity index (χ0v) is 11.2. The van der Waals surface area contributed by atoms with Crippen LogP contribution >= 0.6 is 22.6 Å². The van der Waals surface area contributed by atoms with Gasteiger partial charge >= 0.3 is 0 Å². The summed E-state index contributed by atoms with van der Waals surface area (Å²) in [5.41, 5.74) is 8.65. The third kappa shape index (κ3) is 2.44. The first kappa shape index (κ1) is 11.6. The Balaban J connectivity index is 2.21. The van der Waals surface area contributed by atoms with Gasteiger partial charge in [0.2, 0.25) is 0 Å². The Morgan fingerprint density at radius 2 is 2.31 bits per heavy atom. The highest BCUT2D eigenvalue weighted by Gasteiger charge is 2.12. The summed E-state index contributed by atoms with van der Waals surface area (Å²) in [6.07, 6.45) is 4.32. The number of rotatable bonds is 3. The molecule has 0 saturated heterocycles. The Bertz CT molecular complexity index is 465. The van der Waals surface area contributed by atoms with Crippen molar-refractivity contribution in [3.63, 3.8) is 0 Å². The third-order valence-corrected chi connectivity index (χ3v) is 4.06. The van der Waals surface area contributed by atoms with Gasteiger partial charge in [-0.25, -0.2) is 4.98 Å². The number of aromatic amines is 1. The van der Waals surface area contributed by atoms with Crippen LogP contribution in [0, 0.1) is 10.5 Å². The molecule has 0 aliphatic rings. The molecule has 1 unspecified atom stereocenters. The van der Waals surface area contributed by atoms with Crippen LogP contribution in [-0.4, -0.2) is 9.97 Å². The number of nitrogens with two attached hydrogens (primary N) is 1. The molecule has 1 heterocycles. The zero-order chi connectivity index (χ0) is 11.5. The van der Waals surface area contributed by atoms with Crippen LogP contribution in [0.4, 0.5) is 0 Å². The predicted octanol–water partition coefficient (Wildman–Crippen LogP) is 2.57. The van der Waals surface area contributed by atoms with Crippen molar-refractivity contribution in [2.75, 3.05) is 0 Å². The van der Waals surface area contributed by atoms with Gasteiger partial charge in [-0.3, -0.25) is 0 Å². The van der Waals surface area contributed by atoms with Crippen molar-refractivity contribution in [3.05, 3.63) is 51.1 Å². The van der Waals surface area contributed by atoms with E-state index in [4.69, 9.17) is 5.73 Å². The molecule has 0 bridgehead atoms. The van der Waals surface area contributed by atoms with E-state index >= 15 is 0 Å². The third-order valence-electron chi connectivity index (χ3n) is 2.59. The van der Waals surface area contributed by atoms with E-state index in [1.54, 1.807) is 6.20 Å². The molecule has 0 amide bonds. The average molecular weight is 327 g/mol. The van der Waals surface area contributed by atoms with Crippen LogP contribution in [-0.2, 0) is 6.42 Å². The van der Waals surface area contributed by atoms with Crippen molar-refractivity contribution in [3.8, 4) is 0 Å². The second kappa shape index (κ2) is 4.97. The number of H-pyrrole nitrogens is 1. The van der Waals surface area contributed by atoms with Crippen molar-refractivity contribution in [2.24, 2.45) is 5.73 Å². The second-order valence-electron chi connectivity index (χ2n) is 3.82. The average Bonchev–Trinajstić information content (AvgIpc) is 2.74. The molecule has 1 atom stereocenters. The summed E-state index contributed by atoms with van der Waals surface area (Å²) in [6.45, 7) is 2.10. The minimum atomic E-state index is -0.00190. The number of aromatic nitrogens is 2. The lowest BCUT2D eigenvalue weighted by Crippen LogP contribution is -2.15. The molecule has 84 valence electrons. The Morgan fingerprint density at radius 3 is 3.00 bits per heavy atom. The summed E-state index contributed by atoms with van der Waals surface area (Å²) in [7, 11) is 0. The number of nitrogens with one attached hydrogen (secondary N) is 1. The summed E-state index contributed by atoms with van der Waals surface area (Å²) in [6, 6.07) is 6.24. The predicted molar refractivity (Wildman–Crippen MR) is 73.1 cm³/mol. The lowest BCUT2D eigenvalue weighted by Gasteiger charge is -2.14. The molecule has 0 saturated carbocycles. The maximum Gasteiger partial charge on any atom is 0.107 e. The van der Waals surface area contributed by atoms with Crippen LogP contribution in [0.5, 0.6) is 0 Å². The van der Waals surface area contributed by atoms with E-state index in [1.165, 1.54) is 14.7 Å². The zero-order valence-electron chi connectivity index (χ0n) is 9.07. The Kier molecular flexibility index (Phi) is 3.60. The lowest BCUT2D eigenvalue weighted by molar-refractivity contribution is 0.690. The highest BCUT2D eigenvalue weighted by atomic mass is 127. The number of hydrogen-bond donors (Lipinski definition) is 2. The molecule has 0 aliphatic heterocycles. The first-order valence-corrected chi connectivity index (χ1v) is 6.25. The normalized spacial score (nSPS) is 12.7. The Hall–Kier alpha value is -0.880. The van der Waals surface area contributed by atoms with Crippen LogP contribution in [0.15, 0.2) is 30.6 Å². The summed E-state index contributed by atoms with van der Waals surface area (Å²) in [5, 5.41) is 0. The minimum absolute atomic E-state index is 0.00190. The monoisotopic (exact) mass is 327 g/mol. The number of aryl methyl sites for hydroxylation is 1. The van der Waals surface area contributed by atoms with Crippen LogP contribution < -0.4 is 5.73 Å². The summed E-state index contributed by atoms with van der Waals surface area (Å²) in [4.78, 5) is 7.27. The summed E-state index contributed by atoms with van der Waals surface area (Å²) in [5.74, 6) is 0.935. The first-order valence-electron chi connectivity index (χ1n) is 5.17. The van der Waals surface area contributed by atoms with Gasteiger partial charge in [0.15, 0.2) is 0 Å². The van der Waals surface area contributed by atoms with Gasteiger partial charge in [0.1, 0.15) is 5.82 Å². The molecule has 3 N–H and O–H groups in total. The number of imidazole rings is 1. The fourth-order valence-corrected chi connectivity index (χ4v) is 2.44. The van der Waals surface area contributed by atoms with Crippen LogP contribution in [0.25, 0.3) is 0 Å². The van der Waals surface area contributed by atoms with Crippen LogP contribution in [0.2, 0.25) is 0 Å². The number of halogens is 1. The van der Waals surface area contributed by atoms with E-state index in [1.807, 2.05) is 6.20 Å². The van der Waals surface area contributed by atoms with Gasteiger partial charge in [-0.15, -0.1) is 0 Å². The fourth-order valence-electron chi connectivity index (χ4n) is 1.68. The molecule has 16 heavy (non-hydrogen) atoms. The number of nitrogens with zero attached hydrogens (tertiary/aromatic N) is 1. The van der Waals surface area contributed by atoms with Gasteiger partial charge in [0.05, 0.1) is 0 Å². The van der Waals surface area contributed by atoms with E-state index in [0.29, 0.717) is 0 Å². The lowest BCUT2D eigenvalue weighted by atomic mass is 10.0. The van der Waals surface area contributed by atoms with Gasteiger partial charge in [0, 0.05) is 28.4 Å². The molecule has 0 aliphatic carbocycles. The number of hydrogen-bond acceptors (Lipinski definition) is 2. The Morgan fingerprint density at radius 1 is 1.50 bits per heavy atom. The van der Waals surface area contributed by atoms with E-state index < -0.39 is 0 Å². The van der Waals surface area contributed by atoms with Gasteiger partial charge in [0.25, 0.3) is 0 Å². The minimum Gasteiger partial charge on any atom is -0.349 e. The van der Waals surface area contributed by atoms with E-state index in [9.17, 15) is 0 Å². The molecule has 2 rings (SSSR count). The smallest absolute Gasteiger partial charge is 0.107 e. The quantitative estimate of drug-likeness (QED) is 0.852. The van der Waals surface area contributed by atoms with Crippen molar-refractivity contribution in [1.82, 2.24) is 9.97 Å². The summed E-state index contributed by atoms with van der Waals surface area (Å²) >= 11 is 2.35. The molecule has 1 aromatic heterocycles. The molecule has 3 nitrogen and oxygen atoms in total. The molecule has 4 heteroatoms. The molecule has 2 aromatic rings. The van der Waals surface area contributed by atoms with Crippen LogP contribution in [0.1, 0.15) is 23.0 Å². The largest absolute Gasteiger partial charge is 0.349 e. The van der Waals surface area contributed by atoms with E-state index in [-0.39, 0.29) is 6.04 Å². The Labute approximate surface area is 109 Å². The first-order chi connectivity index (χ1) is 7.68. The molecule has 0 fully saturated rings. The van der Waals surface area contributed by atoms with Crippen molar-refractivity contribution in [2.45, 2.75) is 19.4 Å². The standard InChI is InChI=1S/C12H14IN3/c1-8-3-2-4-9(12(8)13)10(14)7-11-15-5-6-16-11/h2-6,10H,7,14H2,1H3,(H,15,16). The topological polar surface area (TPSA) is 54.7 Å². The van der Waals surface area contributed by atoms with E-state index in [0.717, 1.165) is 12.2 Å². The van der Waals surface area contributed by atoms with Gasteiger partial charge < -0.3 is 10.7 Å². The maximum atomic E-state index is 6.19. The molecule has 0 radical (unpaired) electrons. The van der Waals surface area contributed by atoms with Crippen molar-refractivity contribution < 1.29 is 0 Å². The van der Waals surface area contributed by atoms with Crippen molar-refractivity contribution >= 4 is 22.6 Å². The summed E-state index contributed by atoms with van der Waals surface area (Å²) < 4.78 is 1.25. The SMILES string of the molecule is Cc1cccc(C(N)Cc2ncc[nH]2)c1I. The van der Waals surface area contributed by atoms with Gasteiger partial charge in [-0.1, -0.05) is 18.2 Å². The van der Waals surface area contributed by atoms with Crippen molar-refractivity contribution in [1.29, 1.82) is 0 Å².